The summed E-state index contributed by atoms with van der Waals surface area (Å²) in [5, 5.41) is 16.1. The van der Waals surface area contributed by atoms with Crippen molar-refractivity contribution in [3.63, 3.8) is 0 Å². The number of fused-ring (bicyclic) bond motifs is 1. The first-order valence-corrected chi connectivity index (χ1v) is 6.51. The van der Waals surface area contributed by atoms with Gasteiger partial charge in [-0.1, -0.05) is 30.3 Å². The molecule has 2 aromatic carbocycles. The fraction of sp³-hybridized carbons (Fsp3) is 0.0625. The Bertz CT molecular complexity index is 831. The Kier molecular flexibility index (Phi) is 3.23. The topological polar surface area (TPSA) is 68.1 Å². The minimum Gasteiger partial charge on any atom is -0.340 e. The van der Waals surface area contributed by atoms with Crippen molar-refractivity contribution in [2.75, 3.05) is 5.32 Å². The lowest BCUT2D eigenvalue weighted by molar-refractivity contribution is -0.384. The maximum Gasteiger partial charge on any atom is 0.271 e. The third-order valence-electron chi connectivity index (χ3n) is 3.31. The Morgan fingerprint density at radius 1 is 1.10 bits per heavy atom. The van der Waals surface area contributed by atoms with Crippen LogP contribution in [0, 0.1) is 17.0 Å². The molecule has 5 nitrogen and oxygen atoms in total. The Balaban J connectivity index is 2.04. The lowest BCUT2D eigenvalue weighted by atomic mass is 10.1. The molecule has 0 aliphatic rings. The molecule has 1 heterocycles. The van der Waals surface area contributed by atoms with Gasteiger partial charge in [-0.15, -0.1) is 0 Å². The van der Waals surface area contributed by atoms with Crippen LogP contribution in [-0.4, -0.2) is 9.91 Å². The van der Waals surface area contributed by atoms with E-state index in [2.05, 4.69) is 10.3 Å². The number of nitro groups is 1. The SMILES string of the molecule is Cc1cnc(Nc2cccc([N+](=O)[O-])c2)c2ccccc12. The standard InChI is InChI=1S/C16H13N3O2/c1-11-10-17-16(15-8-3-2-7-14(11)15)18-12-5-4-6-13(9-12)19(20)21/h2-10H,1H3,(H,17,18). The van der Waals surface area contributed by atoms with Gasteiger partial charge in [-0.25, -0.2) is 4.98 Å². The van der Waals surface area contributed by atoms with Gasteiger partial charge in [0.05, 0.1) is 4.92 Å². The van der Waals surface area contributed by atoms with Gasteiger partial charge in [-0.2, -0.15) is 0 Å². The number of hydrogen-bond donors (Lipinski definition) is 1. The molecule has 3 rings (SSSR count). The number of rotatable bonds is 3. The molecule has 21 heavy (non-hydrogen) atoms. The molecule has 0 radical (unpaired) electrons. The average Bonchev–Trinajstić information content (AvgIpc) is 2.51. The van der Waals surface area contributed by atoms with E-state index in [4.69, 9.17) is 0 Å². The van der Waals surface area contributed by atoms with Crippen molar-refractivity contribution < 1.29 is 4.92 Å². The molecular weight excluding hydrogens is 266 g/mol. The third-order valence-corrected chi connectivity index (χ3v) is 3.31. The molecule has 0 saturated carbocycles. The van der Waals surface area contributed by atoms with E-state index in [1.165, 1.54) is 12.1 Å². The number of pyridine rings is 1. The second-order valence-electron chi connectivity index (χ2n) is 4.77. The van der Waals surface area contributed by atoms with Crippen LogP contribution >= 0.6 is 0 Å². The molecule has 104 valence electrons. The monoisotopic (exact) mass is 279 g/mol. The van der Waals surface area contributed by atoms with Crippen molar-refractivity contribution in [2.45, 2.75) is 6.92 Å². The molecule has 1 N–H and O–H groups in total. The number of benzene rings is 2. The molecule has 0 atom stereocenters. The smallest absolute Gasteiger partial charge is 0.271 e. The molecule has 0 aliphatic carbocycles. The summed E-state index contributed by atoms with van der Waals surface area (Å²) < 4.78 is 0. The largest absolute Gasteiger partial charge is 0.340 e. The first-order valence-electron chi connectivity index (χ1n) is 6.51. The maximum atomic E-state index is 10.8. The number of non-ortho nitro benzene ring substituents is 1. The number of nitro benzene ring substituents is 1. The van der Waals surface area contributed by atoms with Crippen LogP contribution in [0.5, 0.6) is 0 Å². The van der Waals surface area contributed by atoms with Crippen molar-refractivity contribution in [3.8, 4) is 0 Å². The van der Waals surface area contributed by atoms with Crippen LogP contribution in [0.1, 0.15) is 5.56 Å². The van der Waals surface area contributed by atoms with Crippen molar-refractivity contribution >= 4 is 28.0 Å². The maximum absolute atomic E-state index is 10.8. The predicted octanol–water partition coefficient (Wildman–Crippen LogP) is 4.20. The van der Waals surface area contributed by atoms with Gasteiger partial charge in [0.1, 0.15) is 5.82 Å². The Morgan fingerprint density at radius 3 is 2.62 bits per heavy atom. The summed E-state index contributed by atoms with van der Waals surface area (Å²) in [7, 11) is 0. The molecule has 0 fully saturated rings. The van der Waals surface area contributed by atoms with Crippen LogP contribution in [0.15, 0.2) is 54.7 Å². The number of aromatic nitrogens is 1. The van der Waals surface area contributed by atoms with E-state index in [1.807, 2.05) is 31.2 Å². The quantitative estimate of drug-likeness (QED) is 0.576. The number of nitrogens with one attached hydrogen (secondary N) is 1. The van der Waals surface area contributed by atoms with E-state index in [0.717, 1.165) is 16.3 Å². The van der Waals surface area contributed by atoms with E-state index < -0.39 is 4.92 Å². The summed E-state index contributed by atoms with van der Waals surface area (Å²) >= 11 is 0. The number of nitrogens with zero attached hydrogens (tertiary/aromatic N) is 2. The first-order chi connectivity index (χ1) is 10.1. The fourth-order valence-electron chi connectivity index (χ4n) is 2.27. The third kappa shape index (κ3) is 2.53. The fourth-order valence-corrected chi connectivity index (χ4v) is 2.27. The summed E-state index contributed by atoms with van der Waals surface area (Å²) in [6, 6.07) is 14.3. The zero-order chi connectivity index (χ0) is 14.8. The van der Waals surface area contributed by atoms with E-state index in [9.17, 15) is 10.1 Å². The number of anilines is 2. The van der Waals surface area contributed by atoms with Gasteiger partial charge in [0.15, 0.2) is 0 Å². The van der Waals surface area contributed by atoms with Gasteiger partial charge in [0.25, 0.3) is 5.69 Å². The average molecular weight is 279 g/mol. The predicted molar refractivity (Wildman–Crippen MR) is 82.9 cm³/mol. The summed E-state index contributed by atoms with van der Waals surface area (Å²) in [6.45, 7) is 2.01. The number of aryl methyl sites for hydroxylation is 1. The Hall–Kier alpha value is -2.95. The van der Waals surface area contributed by atoms with Gasteiger partial charge < -0.3 is 5.32 Å². The summed E-state index contributed by atoms with van der Waals surface area (Å²) in [5.74, 6) is 0.691. The van der Waals surface area contributed by atoms with Crippen LogP contribution in [0.4, 0.5) is 17.2 Å². The first kappa shape index (κ1) is 13.1. The van der Waals surface area contributed by atoms with E-state index in [-0.39, 0.29) is 5.69 Å². The highest BCUT2D eigenvalue weighted by molar-refractivity contribution is 5.95. The van der Waals surface area contributed by atoms with Crippen LogP contribution < -0.4 is 5.32 Å². The van der Waals surface area contributed by atoms with Crippen molar-refractivity contribution in [3.05, 3.63) is 70.4 Å². The van der Waals surface area contributed by atoms with Gasteiger partial charge in [0.2, 0.25) is 0 Å². The molecular formula is C16H13N3O2. The van der Waals surface area contributed by atoms with Gasteiger partial charge in [-0.3, -0.25) is 10.1 Å². The molecule has 0 aliphatic heterocycles. The second-order valence-corrected chi connectivity index (χ2v) is 4.77. The number of hydrogen-bond acceptors (Lipinski definition) is 4. The normalized spacial score (nSPS) is 10.5. The summed E-state index contributed by atoms with van der Waals surface area (Å²) in [5.41, 5.74) is 1.79. The van der Waals surface area contributed by atoms with Crippen molar-refractivity contribution in [2.24, 2.45) is 0 Å². The minimum absolute atomic E-state index is 0.0522. The molecule has 0 bridgehead atoms. The highest BCUT2D eigenvalue weighted by Gasteiger charge is 2.08. The lowest BCUT2D eigenvalue weighted by Gasteiger charge is -2.10. The molecule has 0 amide bonds. The van der Waals surface area contributed by atoms with Crippen LogP contribution in [0.25, 0.3) is 10.8 Å². The Labute approximate surface area is 121 Å². The summed E-state index contributed by atoms with van der Waals surface area (Å²) in [4.78, 5) is 14.8. The van der Waals surface area contributed by atoms with Crippen LogP contribution in [-0.2, 0) is 0 Å². The van der Waals surface area contributed by atoms with Crippen molar-refractivity contribution in [1.82, 2.24) is 4.98 Å². The molecule has 3 aromatic rings. The van der Waals surface area contributed by atoms with Crippen LogP contribution in [0.2, 0.25) is 0 Å². The molecule has 0 unspecified atom stereocenters. The zero-order valence-electron chi connectivity index (χ0n) is 11.4. The zero-order valence-corrected chi connectivity index (χ0v) is 11.4. The van der Waals surface area contributed by atoms with Gasteiger partial charge in [-0.05, 0) is 23.9 Å². The van der Waals surface area contributed by atoms with E-state index in [0.29, 0.717) is 11.5 Å². The second kappa shape index (κ2) is 5.20. The van der Waals surface area contributed by atoms with Gasteiger partial charge in [0, 0.05) is 29.4 Å². The van der Waals surface area contributed by atoms with Crippen molar-refractivity contribution in [1.29, 1.82) is 0 Å². The molecule has 0 saturated heterocycles. The van der Waals surface area contributed by atoms with Crippen LogP contribution in [0.3, 0.4) is 0 Å². The van der Waals surface area contributed by atoms with Gasteiger partial charge >= 0.3 is 0 Å². The minimum atomic E-state index is -0.411. The molecule has 1 aromatic heterocycles. The highest BCUT2D eigenvalue weighted by atomic mass is 16.6. The Morgan fingerprint density at radius 2 is 1.86 bits per heavy atom. The highest BCUT2D eigenvalue weighted by Crippen LogP contribution is 2.27. The lowest BCUT2D eigenvalue weighted by Crippen LogP contribution is -1.97. The van der Waals surface area contributed by atoms with E-state index >= 15 is 0 Å². The summed E-state index contributed by atoms with van der Waals surface area (Å²) in [6.07, 6.45) is 1.79. The molecule has 5 heteroatoms. The molecule has 0 spiro atoms. The van der Waals surface area contributed by atoms with E-state index in [1.54, 1.807) is 18.3 Å².